The number of aromatic nitrogens is 2. The van der Waals surface area contributed by atoms with Gasteiger partial charge in [0.25, 0.3) is 5.91 Å². The van der Waals surface area contributed by atoms with Crippen molar-refractivity contribution in [2.45, 2.75) is 62.3 Å². The van der Waals surface area contributed by atoms with E-state index in [9.17, 15) is 19.5 Å². The maximum absolute atomic E-state index is 13.1. The van der Waals surface area contributed by atoms with Gasteiger partial charge in [0, 0.05) is 37.2 Å². The summed E-state index contributed by atoms with van der Waals surface area (Å²) >= 11 is 1.65. The number of nitrogens with one attached hydrogen (secondary N) is 1. The van der Waals surface area contributed by atoms with Crippen molar-refractivity contribution in [2.24, 2.45) is 7.05 Å². The van der Waals surface area contributed by atoms with Crippen molar-refractivity contribution in [2.75, 3.05) is 5.75 Å². The Hall–Kier alpha value is -5.27. The standard InChI is InChI=1S/C41H40N4O7S/c1-44-19-18-42-40(44)53-26-34-21-36(31-12-10-27(24-46)11-13-31)52-39(51-34)32-16-14-30(15-17-32)33-9-5-8-29(20-33)23-45-37(47)22-35(38(45)48)43-41(49)50-25-28-6-3-2-4-7-28/h2-20,34-36,39,46H,21-26H2,1H3,(H,43,49)/t34-,35?,36+,39+/m1/s1. The molecule has 7 rings (SSSR count). The summed E-state index contributed by atoms with van der Waals surface area (Å²) < 4.78 is 20.3. The summed E-state index contributed by atoms with van der Waals surface area (Å²) in [5.74, 6) is -0.115. The molecule has 0 radical (unpaired) electrons. The number of hydrogen-bond acceptors (Lipinski definition) is 9. The van der Waals surface area contributed by atoms with Gasteiger partial charge in [-0.25, -0.2) is 9.78 Å². The molecule has 0 aliphatic carbocycles. The zero-order chi connectivity index (χ0) is 36.7. The van der Waals surface area contributed by atoms with Crippen molar-refractivity contribution in [3.8, 4) is 11.1 Å². The van der Waals surface area contributed by atoms with E-state index in [1.54, 1.807) is 18.0 Å². The average molecular weight is 733 g/mol. The third-order valence-corrected chi connectivity index (χ3v) is 10.5. The molecule has 4 atom stereocenters. The lowest BCUT2D eigenvalue weighted by Crippen LogP contribution is -2.41. The van der Waals surface area contributed by atoms with Crippen LogP contribution in [0.2, 0.25) is 0 Å². The van der Waals surface area contributed by atoms with Crippen molar-refractivity contribution < 1.29 is 33.7 Å². The van der Waals surface area contributed by atoms with Crippen LogP contribution in [0, 0.1) is 0 Å². The summed E-state index contributed by atoms with van der Waals surface area (Å²) in [5.41, 5.74) is 6.21. The molecule has 12 heteroatoms. The van der Waals surface area contributed by atoms with Crippen LogP contribution < -0.4 is 5.32 Å². The van der Waals surface area contributed by atoms with Gasteiger partial charge < -0.3 is 29.2 Å². The van der Waals surface area contributed by atoms with Crippen molar-refractivity contribution in [1.29, 1.82) is 0 Å². The molecule has 3 heterocycles. The number of likely N-dealkylation sites (tertiary alicyclic amines) is 1. The summed E-state index contributed by atoms with van der Waals surface area (Å²) in [6.45, 7) is 0.131. The van der Waals surface area contributed by atoms with E-state index in [1.165, 1.54) is 4.90 Å². The maximum Gasteiger partial charge on any atom is 0.408 e. The first-order chi connectivity index (χ1) is 25.8. The summed E-state index contributed by atoms with van der Waals surface area (Å²) in [6.07, 6.45) is 2.62. The second kappa shape index (κ2) is 16.6. The summed E-state index contributed by atoms with van der Waals surface area (Å²) in [6, 6.07) is 31.8. The predicted molar refractivity (Wildman–Crippen MR) is 198 cm³/mol. The molecule has 4 aromatic carbocycles. The first-order valence-electron chi connectivity index (χ1n) is 17.4. The van der Waals surface area contributed by atoms with Gasteiger partial charge in [0.1, 0.15) is 12.6 Å². The van der Waals surface area contributed by atoms with E-state index in [0.717, 1.165) is 44.1 Å². The number of benzene rings is 4. The number of amides is 3. The van der Waals surface area contributed by atoms with E-state index in [-0.39, 0.29) is 44.3 Å². The molecule has 2 aliphatic rings. The van der Waals surface area contributed by atoms with Gasteiger partial charge in [-0.1, -0.05) is 109 Å². The van der Waals surface area contributed by atoms with Crippen LogP contribution in [0.3, 0.4) is 0 Å². The van der Waals surface area contributed by atoms with E-state index in [2.05, 4.69) is 10.3 Å². The first-order valence-corrected chi connectivity index (χ1v) is 18.4. The number of aryl methyl sites for hydroxylation is 1. The largest absolute Gasteiger partial charge is 0.445 e. The van der Waals surface area contributed by atoms with Gasteiger partial charge in [0.15, 0.2) is 11.4 Å². The lowest BCUT2D eigenvalue weighted by atomic mass is 9.99. The molecule has 2 aliphatic heterocycles. The van der Waals surface area contributed by atoms with Crippen molar-refractivity contribution in [3.05, 3.63) is 143 Å². The molecule has 3 amide bonds. The maximum atomic E-state index is 13.1. The van der Waals surface area contributed by atoms with E-state index in [1.807, 2.05) is 121 Å². The zero-order valence-electron chi connectivity index (χ0n) is 29.2. The zero-order valence-corrected chi connectivity index (χ0v) is 30.0. The highest BCUT2D eigenvalue weighted by Gasteiger charge is 2.40. The van der Waals surface area contributed by atoms with E-state index >= 15 is 0 Å². The van der Waals surface area contributed by atoms with E-state index in [0.29, 0.717) is 12.2 Å². The predicted octanol–water partition coefficient (Wildman–Crippen LogP) is 6.47. The Kier molecular flexibility index (Phi) is 11.3. The van der Waals surface area contributed by atoms with Crippen molar-refractivity contribution in [1.82, 2.24) is 19.8 Å². The first kappa shape index (κ1) is 36.1. The number of imidazole rings is 1. The number of thioether (sulfide) groups is 1. The highest BCUT2D eigenvalue weighted by Crippen LogP contribution is 2.40. The number of ether oxygens (including phenoxy) is 3. The number of rotatable bonds is 12. The molecule has 11 nitrogen and oxygen atoms in total. The quantitative estimate of drug-likeness (QED) is 0.109. The monoisotopic (exact) mass is 732 g/mol. The molecule has 5 aromatic rings. The van der Waals surface area contributed by atoms with Crippen LogP contribution in [0.5, 0.6) is 0 Å². The Balaban J connectivity index is 1.000. The summed E-state index contributed by atoms with van der Waals surface area (Å²) in [5, 5.41) is 13.0. The number of imide groups is 1. The fourth-order valence-corrected chi connectivity index (χ4v) is 7.36. The smallest absolute Gasteiger partial charge is 0.408 e. The molecule has 1 unspecified atom stereocenters. The number of carbonyl (C=O) groups excluding carboxylic acids is 3. The molecule has 2 N–H and O–H groups in total. The third kappa shape index (κ3) is 8.86. The molecule has 53 heavy (non-hydrogen) atoms. The Morgan fingerprint density at radius 1 is 0.906 bits per heavy atom. The molecular formula is C41H40N4O7S. The van der Waals surface area contributed by atoms with Gasteiger partial charge in [-0.3, -0.25) is 14.5 Å². The molecule has 272 valence electrons. The fourth-order valence-electron chi connectivity index (χ4n) is 6.41. The minimum Gasteiger partial charge on any atom is -0.445 e. The number of aliphatic hydroxyl groups is 1. The van der Waals surface area contributed by atoms with Gasteiger partial charge >= 0.3 is 6.09 Å². The van der Waals surface area contributed by atoms with Crippen LogP contribution in [-0.2, 0) is 50.6 Å². The minimum atomic E-state index is -0.974. The van der Waals surface area contributed by atoms with Crippen LogP contribution in [0.25, 0.3) is 11.1 Å². The van der Waals surface area contributed by atoms with Crippen LogP contribution in [-0.4, -0.2) is 55.4 Å². The molecule has 0 bridgehead atoms. The van der Waals surface area contributed by atoms with Gasteiger partial charge in [0.2, 0.25) is 5.91 Å². The second-order valence-electron chi connectivity index (χ2n) is 13.1. The molecule has 0 spiro atoms. The topological polar surface area (TPSA) is 132 Å². The number of aliphatic hydroxyl groups excluding tert-OH is 1. The van der Waals surface area contributed by atoms with Crippen molar-refractivity contribution in [3.63, 3.8) is 0 Å². The highest BCUT2D eigenvalue weighted by molar-refractivity contribution is 7.99. The van der Waals surface area contributed by atoms with Gasteiger partial charge in [-0.15, -0.1) is 0 Å². The van der Waals surface area contributed by atoms with Crippen LogP contribution in [0.15, 0.2) is 121 Å². The van der Waals surface area contributed by atoms with Gasteiger partial charge in [-0.05, 0) is 39.4 Å². The lowest BCUT2D eigenvalue weighted by molar-refractivity contribution is -0.245. The normalized spacial score (nSPS) is 20.1. The van der Waals surface area contributed by atoms with Gasteiger partial charge in [0.05, 0.1) is 31.8 Å². The Morgan fingerprint density at radius 2 is 1.66 bits per heavy atom. The van der Waals surface area contributed by atoms with E-state index < -0.39 is 24.3 Å². The minimum absolute atomic E-state index is 0.0178. The van der Waals surface area contributed by atoms with Crippen LogP contribution >= 0.6 is 11.8 Å². The molecule has 2 fully saturated rings. The number of hydrogen-bond donors (Lipinski definition) is 2. The number of carbonyl (C=O) groups is 3. The van der Waals surface area contributed by atoms with Crippen molar-refractivity contribution >= 4 is 29.7 Å². The second-order valence-corrected chi connectivity index (χ2v) is 14.1. The molecule has 1 aromatic heterocycles. The fraction of sp³-hybridized carbons (Fsp3) is 0.268. The Morgan fingerprint density at radius 3 is 2.40 bits per heavy atom. The lowest BCUT2D eigenvalue weighted by Gasteiger charge is -2.36. The number of nitrogens with zero attached hydrogens (tertiary/aromatic N) is 3. The van der Waals surface area contributed by atoms with Crippen LogP contribution in [0.1, 0.15) is 53.1 Å². The summed E-state index contributed by atoms with van der Waals surface area (Å²) in [4.78, 5) is 44.0. The average Bonchev–Trinajstić information content (AvgIpc) is 3.73. The molecule has 2 saturated heterocycles. The number of alkyl carbamates (subject to hydrolysis) is 1. The Bertz CT molecular complexity index is 2040. The molecule has 0 saturated carbocycles. The van der Waals surface area contributed by atoms with Gasteiger partial charge in [-0.2, -0.15) is 0 Å². The SMILES string of the molecule is Cn1ccnc1SC[C@H]1C[C@@H](c2ccc(CO)cc2)O[C@@H](c2ccc(-c3cccc(CN4C(=O)CC(NC(=O)OCc5ccccc5)C4=O)c3)cc2)O1. The summed E-state index contributed by atoms with van der Waals surface area (Å²) in [7, 11) is 1.97. The molecular weight excluding hydrogens is 693 g/mol. The van der Waals surface area contributed by atoms with E-state index in [4.69, 9.17) is 14.2 Å². The third-order valence-electron chi connectivity index (χ3n) is 9.32. The highest BCUT2D eigenvalue weighted by atomic mass is 32.2. The Labute approximate surface area is 311 Å². The van der Waals surface area contributed by atoms with Crippen LogP contribution in [0.4, 0.5) is 4.79 Å².